The van der Waals surface area contributed by atoms with Gasteiger partial charge in [-0.3, -0.25) is 9.59 Å². The van der Waals surface area contributed by atoms with E-state index < -0.39 is 88.2 Å². The molecule has 1 saturated heterocycles. The fraction of sp³-hybridized carbons (Fsp3) is 0.561. The molecule has 3 aliphatic carbocycles. The molecular formula is C41H50O11. The predicted octanol–water partition coefficient (Wildman–Crippen LogP) is 4.73. The first-order valence-corrected chi connectivity index (χ1v) is 18.0. The Morgan fingerprint density at radius 1 is 0.981 bits per heavy atom. The van der Waals surface area contributed by atoms with Crippen LogP contribution < -0.4 is 0 Å². The van der Waals surface area contributed by atoms with Gasteiger partial charge in [0.1, 0.15) is 29.7 Å². The van der Waals surface area contributed by atoms with Gasteiger partial charge in [0, 0.05) is 44.1 Å². The Kier molecular flexibility index (Phi) is 9.83. The Labute approximate surface area is 304 Å². The molecule has 0 aromatic heterocycles. The first-order valence-electron chi connectivity index (χ1n) is 18.0. The van der Waals surface area contributed by atoms with Crippen molar-refractivity contribution in [1.29, 1.82) is 0 Å². The first kappa shape index (κ1) is 37.8. The highest BCUT2D eigenvalue weighted by Gasteiger charge is 2.78. The van der Waals surface area contributed by atoms with Crippen molar-refractivity contribution in [3.63, 3.8) is 0 Å². The lowest BCUT2D eigenvalue weighted by molar-refractivity contribution is -0.346. The summed E-state index contributed by atoms with van der Waals surface area (Å²) in [5, 5.41) is 24.7. The van der Waals surface area contributed by atoms with Crippen LogP contribution in [0, 0.1) is 22.7 Å². The summed E-state index contributed by atoms with van der Waals surface area (Å²) in [6, 6.07) is 17.4. The first-order chi connectivity index (χ1) is 24.5. The number of hydrogen-bond donors (Lipinski definition) is 2. The van der Waals surface area contributed by atoms with E-state index in [4.69, 9.17) is 23.7 Å². The minimum atomic E-state index is -2.03. The molecule has 1 aliphatic heterocycles. The predicted molar refractivity (Wildman–Crippen MR) is 188 cm³/mol. The van der Waals surface area contributed by atoms with E-state index in [2.05, 4.69) is 0 Å². The third-order valence-corrected chi connectivity index (χ3v) is 12.8. The van der Waals surface area contributed by atoms with Gasteiger partial charge in [0.2, 0.25) is 0 Å². The molecule has 52 heavy (non-hydrogen) atoms. The van der Waals surface area contributed by atoms with Crippen molar-refractivity contribution in [3.8, 4) is 0 Å². The van der Waals surface area contributed by atoms with E-state index in [1.54, 1.807) is 71.9 Å². The van der Waals surface area contributed by atoms with Crippen LogP contribution in [0.3, 0.4) is 0 Å². The molecule has 4 aliphatic rings. The molecule has 11 atom stereocenters. The lowest BCUT2D eigenvalue weighted by Crippen LogP contribution is -2.81. The summed E-state index contributed by atoms with van der Waals surface area (Å²) < 4.78 is 30.8. The number of ketones is 1. The van der Waals surface area contributed by atoms with Crippen LogP contribution >= 0.6 is 0 Å². The standard InChI is InChI=1S/C41H50O11/c1-22(26-15-11-9-12-16-26)32(43)37(46)50-28-20-41(47)35(51-36(45)27-17-13-10-14-18-27)33-39(7,34(44)24(3)31(23(28)2)38(41,5)6)29(48-8)19-30-40(33,21-49-30)52-25(4)42/h9-18,22,24,28-30,32-33,35,43,47H,19-21H2,1-8H3/t22-,24?,28?,29-,30+,32+,33-,35-,39+,40-,41+/m0/s1. The van der Waals surface area contributed by atoms with Gasteiger partial charge < -0.3 is 33.9 Å². The normalized spacial score (nSPS) is 36.1. The van der Waals surface area contributed by atoms with Gasteiger partial charge in [-0.15, -0.1) is 0 Å². The summed E-state index contributed by atoms with van der Waals surface area (Å²) >= 11 is 0. The van der Waals surface area contributed by atoms with E-state index in [0.29, 0.717) is 11.1 Å². The number of ether oxygens (including phenoxy) is 5. The van der Waals surface area contributed by atoms with Crippen LogP contribution in [0.1, 0.15) is 83.1 Å². The van der Waals surface area contributed by atoms with Crippen LogP contribution in [0.5, 0.6) is 0 Å². The van der Waals surface area contributed by atoms with Crippen LogP contribution in [-0.2, 0) is 38.1 Å². The van der Waals surface area contributed by atoms with Gasteiger partial charge in [-0.1, -0.05) is 76.2 Å². The average molecular weight is 719 g/mol. The van der Waals surface area contributed by atoms with E-state index in [1.165, 1.54) is 14.0 Å². The average Bonchev–Trinajstić information content (AvgIpc) is 3.11. The molecule has 2 aromatic rings. The Bertz CT molecular complexity index is 1750. The van der Waals surface area contributed by atoms with Crippen molar-refractivity contribution in [2.45, 2.75) is 109 Å². The molecule has 1 heterocycles. The Balaban J connectivity index is 1.54. The number of esters is 3. The second-order valence-electron chi connectivity index (χ2n) is 15.8. The summed E-state index contributed by atoms with van der Waals surface area (Å²) in [6.45, 7) is 11.7. The highest BCUT2D eigenvalue weighted by atomic mass is 16.6. The molecule has 2 N–H and O–H groups in total. The topological polar surface area (TPSA) is 155 Å². The number of rotatable bonds is 8. The molecule has 3 fully saturated rings. The van der Waals surface area contributed by atoms with Crippen molar-refractivity contribution in [2.24, 2.45) is 22.7 Å². The second-order valence-corrected chi connectivity index (χ2v) is 15.8. The summed E-state index contributed by atoms with van der Waals surface area (Å²) in [4.78, 5) is 56.0. The van der Waals surface area contributed by atoms with E-state index in [1.807, 2.05) is 30.3 Å². The minimum Gasteiger partial charge on any atom is -0.456 e. The van der Waals surface area contributed by atoms with Crippen LogP contribution in [-0.4, -0.2) is 89.3 Å². The van der Waals surface area contributed by atoms with Gasteiger partial charge in [-0.25, -0.2) is 9.59 Å². The number of benzene rings is 2. The van der Waals surface area contributed by atoms with Crippen molar-refractivity contribution < 1.29 is 53.1 Å². The van der Waals surface area contributed by atoms with Gasteiger partial charge in [-0.2, -0.15) is 0 Å². The van der Waals surface area contributed by atoms with E-state index >= 15 is 4.79 Å². The summed E-state index contributed by atoms with van der Waals surface area (Å²) in [6.07, 6.45) is -5.71. The molecule has 0 spiro atoms. The monoisotopic (exact) mass is 718 g/mol. The molecule has 2 bridgehead atoms. The van der Waals surface area contributed by atoms with Crippen LogP contribution in [0.4, 0.5) is 0 Å². The zero-order chi connectivity index (χ0) is 38.0. The smallest absolute Gasteiger partial charge is 0.338 e. The maximum atomic E-state index is 15.3. The third kappa shape index (κ3) is 5.63. The molecule has 2 unspecified atom stereocenters. The summed E-state index contributed by atoms with van der Waals surface area (Å²) in [5.74, 6) is -5.17. The fourth-order valence-electron chi connectivity index (χ4n) is 9.94. The SMILES string of the molecule is CO[C@H]1C[C@H]2OC[C@@]2(OC(C)=O)[C@H]2[C@H](OC(=O)c3ccccc3)[C@]3(O)CC(OC(=O)[C@H](O)[C@@H](C)c4ccccc4)C(C)=C(C(C)C(=O)[C@]12C)C3(C)C. The Hall–Kier alpha value is -3.90. The van der Waals surface area contributed by atoms with Crippen LogP contribution in [0.2, 0.25) is 0 Å². The molecule has 0 amide bonds. The van der Waals surface area contributed by atoms with Gasteiger partial charge in [0.05, 0.1) is 29.6 Å². The molecule has 0 radical (unpaired) electrons. The molecule has 2 saturated carbocycles. The lowest BCUT2D eigenvalue weighted by Gasteiger charge is -2.68. The fourth-order valence-corrected chi connectivity index (χ4v) is 9.94. The molecule has 11 heteroatoms. The van der Waals surface area contributed by atoms with Crippen LogP contribution in [0.25, 0.3) is 0 Å². The van der Waals surface area contributed by atoms with Gasteiger partial charge in [0.25, 0.3) is 0 Å². The number of aliphatic hydroxyl groups is 2. The third-order valence-electron chi connectivity index (χ3n) is 12.8. The molecular weight excluding hydrogens is 668 g/mol. The van der Waals surface area contributed by atoms with E-state index in [0.717, 1.165) is 5.56 Å². The molecule has 280 valence electrons. The maximum absolute atomic E-state index is 15.3. The van der Waals surface area contributed by atoms with Crippen LogP contribution in [0.15, 0.2) is 71.8 Å². The zero-order valence-corrected chi connectivity index (χ0v) is 31.1. The number of aliphatic hydroxyl groups excluding tert-OH is 1. The quantitative estimate of drug-likeness (QED) is 0.221. The van der Waals surface area contributed by atoms with E-state index in [9.17, 15) is 24.6 Å². The van der Waals surface area contributed by atoms with Crippen molar-refractivity contribution in [3.05, 3.63) is 82.9 Å². The molecule has 6 rings (SSSR count). The van der Waals surface area contributed by atoms with Gasteiger partial charge in [0.15, 0.2) is 11.7 Å². The van der Waals surface area contributed by atoms with Crippen molar-refractivity contribution in [1.82, 2.24) is 0 Å². The number of methoxy groups -OCH3 is 1. The number of hydrogen-bond acceptors (Lipinski definition) is 11. The highest BCUT2D eigenvalue weighted by molar-refractivity contribution is 5.92. The number of fused-ring (bicyclic) bond motifs is 5. The lowest BCUT2D eigenvalue weighted by atomic mass is 9.43. The number of carbonyl (C=O) groups is 4. The second kappa shape index (κ2) is 13.5. The summed E-state index contributed by atoms with van der Waals surface area (Å²) in [7, 11) is 1.49. The van der Waals surface area contributed by atoms with Gasteiger partial charge in [-0.05, 0) is 42.7 Å². The molecule has 2 aromatic carbocycles. The number of carbonyl (C=O) groups excluding carboxylic acids is 4. The summed E-state index contributed by atoms with van der Waals surface area (Å²) in [5.41, 5.74) is -4.20. The largest absolute Gasteiger partial charge is 0.456 e. The van der Waals surface area contributed by atoms with Gasteiger partial charge >= 0.3 is 17.9 Å². The van der Waals surface area contributed by atoms with Crippen molar-refractivity contribution >= 4 is 23.7 Å². The highest BCUT2D eigenvalue weighted by Crippen LogP contribution is 2.65. The maximum Gasteiger partial charge on any atom is 0.338 e. The van der Waals surface area contributed by atoms with Crippen molar-refractivity contribution in [2.75, 3.05) is 13.7 Å². The zero-order valence-electron chi connectivity index (χ0n) is 31.1. The molecule has 11 nitrogen and oxygen atoms in total. The van der Waals surface area contributed by atoms with E-state index in [-0.39, 0.29) is 30.8 Å². The minimum absolute atomic E-state index is 0.102. The number of Topliss-reactive ketones (excluding diaryl/α,β-unsaturated/α-hetero) is 1. The Morgan fingerprint density at radius 3 is 2.15 bits per heavy atom. The Morgan fingerprint density at radius 2 is 1.60 bits per heavy atom.